The van der Waals surface area contributed by atoms with E-state index in [0.29, 0.717) is 31.6 Å². The van der Waals surface area contributed by atoms with Crippen LogP contribution in [-0.4, -0.2) is 57.5 Å². The van der Waals surface area contributed by atoms with Crippen LogP contribution in [0.1, 0.15) is 38.2 Å². The summed E-state index contributed by atoms with van der Waals surface area (Å²) in [6.07, 6.45) is 6.17. The standard InChI is InChI=1S/C25H26F2N6O3/c1-25(26,27)15-9-18(12-29-11-15)32-13-22(34)33(24(32)35)17-4-6-19(7-5-17)36-23-20-8-3-16(28-2)10-21(20)30-14-31-23/h3,8-12,14,17,19,28H,4-7,13H2,1-2H3. The average molecular weight is 497 g/mol. The van der Waals surface area contributed by atoms with Crippen molar-refractivity contribution < 1.29 is 23.1 Å². The fourth-order valence-corrected chi connectivity index (χ4v) is 4.75. The van der Waals surface area contributed by atoms with E-state index in [4.69, 9.17) is 4.74 Å². The van der Waals surface area contributed by atoms with E-state index in [0.717, 1.165) is 29.7 Å². The van der Waals surface area contributed by atoms with Gasteiger partial charge in [0.15, 0.2) is 0 Å². The number of hydrogen-bond acceptors (Lipinski definition) is 7. The van der Waals surface area contributed by atoms with E-state index in [2.05, 4.69) is 20.3 Å². The Labute approximate surface area is 206 Å². The van der Waals surface area contributed by atoms with E-state index < -0.39 is 12.0 Å². The highest BCUT2D eigenvalue weighted by molar-refractivity contribution is 6.12. The zero-order chi connectivity index (χ0) is 25.4. The quantitative estimate of drug-likeness (QED) is 0.507. The zero-order valence-electron chi connectivity index (χ0n) is 19.9. The molecule has 1 aliphatic carbocycles. The maximum absolute atomic E-state index is 13.7. The molecule has 1 aliphatic heterocycles. The van der Waals surface area contributed by atoms with Gasteiger partial charge in [-0.1, -0.05) is 0 Å². The van der Waals surface area contributed by atoms with Crippen LogP contribution in [0.3, 0.4) is 0 Å². The molecule has 5 rings (SSSR count). The number of nitrogens with zero attached hydrogens (tertiary/aromatic N) is 5. The Hall–Kier alpha value is -3.89. The Morgan fingerprint density at radius 2 is 1.86 bits per heavy atom. The van der Waals surface area contributed by atoms with Gasteiger partial charge in [-0.25, -0.2) is 23.5 Å². The van der Waals surface area contributed by atoms with Crippen molar-refractivity contribution in [1.29, 1.82) is 0 Å². The second kappa shape index (κ2) is 9.29. The van der Waals surface area contributed by atoms with Crippen molar-refractivity contribution in [3.63, 3.8) is 0 Å². The minimum absolute atomic E-state index is 0.111. The molecular formula is C25H26F2N6O3. The summed E-state index contributed by atoms with van der Waals surface area (Å²) in [5, 5.41) is 3.89. The second-order valence-electron chi connectivity index (χ2n) is 9.16. The first kappa shape index (κ1) is 23.8. The lowest BCUT2D eigenvalue weighted by molar-refractivity contribution is -0.127. The first-order valence-corrected chi connectivity index (χ1v) is 11.8. The van der Waals surface area contributed by atoms with Crippen LogP contribution in [0.15, 0.2) is 43.0 Å². The number of urea groups is 1. The van der Waals surface area contributed by atoms with E-state index in [9.17, 15) is 18.4 Å². The largest absolute Gasteiger partial charge is 0.474 e. The second-order valence-corrected chi connectivity index (χ2v) is 9.16. The highest BCUT2D eigenvalue weighted by Crippen LogP contribution is 2.34. The molecule has 2 aliphatic rings. The molecule has 1 aromatic carbocycles. The van der Waals surface area contributed by atoms with Crippen molar-refractivity contribution >= 4 is 34.2 Å². The molecule has 0 bridgehead atoms. The number of pyridine rings is 1. The fraction of sp³-hybridized carbons (Fsp3) is 0.400. The number of nitrogens with one attached hydrogen (secondary N) is 1. The molecule has 0 spiro atoms. The number of imide groups is 1. The van der Waals surface area contributed by atoms with Crippen LogP contribution < -0.4 is 15.0 Å². The van der Waals surface area contributed by atoms with Gasteiger partial charge in [-0.15, -0.1) is 0 Å². The number of fused-ring (bicyclic) bond motifs is 1. The summed E-state index contributed by atoms with van der Waals surface area (Å²) < 4.78 is 33.7. The number of ether oxygens (including phenoxy) is 1. The number of carbonyl (C=O) groups is 2. The van der Waals surface area contributed by atoms with E-state index >= 15 is 0 Å². The number of benzene rings is 1. The third kappa shape index (κ3) is 4.52. The molecule has 1 saturated heterocycles. The Balaban J connectivity index is 1.25. The minimum Gasteiger partial charge on any atom is -0.474 e. The Kier molecular flexibility index (Phi) is 6.15. The fourth-order valence-electron chi connectivity index (χ4n) is 4.75. The Morgan fingerprint density at radius 1 is 1.08 bits per heavy atom. The van der Waals surface area contributed by atoms with Gasteiger partial charge in [0.1, 0.15) is 19.0 Å². The van der Waals surface area contributed by atoms with Gasteiger partial charge in [0.05, 0.1) is 22.8 Å². The van der Waals surface area contributed by atoms with Crippen LogP contribution >= 0.6 is 0 Å². The van der Waals surface area contributed by atoms with Crippen LogP contribution in [-0.2, 0) is 10.7 Å². The lowest BCUT2D eigenvalue weighted by Gasteiger charge is -2.33. The third-order valence-electron chi connectivity index (χ3n) is 6.72. The van der Waals surface area contributed by atoms with Crippen LogP contribution in [0.4, 0.5) is 25.0 Å². The third-order valence-corrected chi connectivity index (χ3v) is 6.72. The first-order valence-electron chi connectivity index (χ1n) is 11.8. The molecule has 3 amide bonds. The van der Waals surface area contributed by atoms with Crippen LogP contribution in [0.2, 0.25) is 0 Å². The van der Waals surface area contributed by atoms with Gasteiger partial charge in [0.25, 0.3) is 11.8 Å². The van der Waals surface area contributed by atoms with Crippen LogP contribution in [0.5, 0.6) is 5.88 Å². The molecule has 3 aromatic rings. The van der Waals surface area contributed by atoms with Gasteiger partial charge >= 0.3 is 6.03 Å². The minimum atomic E-state index is -3.10. The van der Waals surface area contributed by atoms with Crippen molar-refractivity contribution in [3.05, 3.63) is 48.5 Å². The molecule has 11 heteroatoms. The monoisotopic (exact) mass is 496 g/mol. The molecule has 2 fully saturated rings. The van der Waals surface area contributed by atoms with Crippen molar-refractivity contribution in [2.24, 2.45) is 0 Å². The number of hydrogen-bond donors (Lipinski definition) is 1. The summed E-state index contributed by atoms with van der Waals surface area (Å²) in [5.41, 5.74) is 1.58. The summed E-state index contributed by atoms with van der Waals surface area (Å²) in [6.45, 7) is 0.568. The van der Waals surface area contributed by atoms with Gasteiger partial charge in [-0.2, -0.15) is 0 Å². The summed E-state index contributed by atoms with van der Waals surface area (Å²) in [6, 6.07) is 6.18. The van der Waals surface area contributed by atoms with E-state index in [1.807, 2.05) is 25.2 Å². The predicted molar refractivity (Wildman–Crippen MR) is 129 cm³/mol. The summed E-state index contributed by atoms with van der Waals surface area (Å²) in [4.78, 5) is 40.8. The Bertz CT molecular complexity index is 1310. The van der Waals surface area contributed by atoms with Crippen molar-refractivity contribution in [2.75, 3.05) is 23.8 Å². The summed E-state index contributed by atoms with van der Waals surface area (Å²) in [7, 11) is 1.84. The maximum Gasteiger partial charge on any atom is 0.332 e. The molecule has 0 unspecified atom stereocenters. The van der Waals surface area contributed by atoms with E-state index in [1.165, 1.54) is 28.4 Å². The molecule has 3 heterocycles. The number of alkyl halides is 2. The number of carbonyl (C=O) groups excluding carboxylic acids is 2. The number of amides is 3. The van der Waals surface area contributed by atoms with Crippen molar-refractivity contribution in [3.8, 4) is 5.88 Å². The number of halogens is 2. The molecule has 36 heavy (non-hydrogen) atoms. The maximum atomic E-state index is 13.7. The highest BCUT2D eigenvalue weighted by atomic mass is 19.3. The topological polar surface area (TPSA) is 101 Å². The SMILES string of the molecule is CNc1ccc2c(OC3CCC(N4C(=O)CN(c5cncc(C(C)(F)F)c5)C4=O)CC3)ncnc2c1. The lowest BCUT2D eigenvalue weighted by Crippen LogP contribution is -2.44. The number of rotatable bonds is 6. The van der Waals surface area contributed by atoms with E-state index in [1.54, 1.807) is 0 Å². The zero-order valence-corrected chi connectivity index (χ0v) is 19.9. The van der Waals surface area contributed by atoms with Crippen LogP contribution in [0, 0.1) is 0 Å². The van der Waals surface area contributed by atoms with Gasteiger partial charge in [-0.05, 0) is 49.9 Å². The molecule has 0 atom stereocenters. The van der Waals surface area contributed by atoms with Crippen LogP contribution in [0.25, 0.3) is 10.9 Å². The Morgan fingerprint density at radius 3 is 2.58 bits per heavy atom. The van der Waals surface area contributed by atoms with Gasteiger partial charge in [-0.3, -0.25) is 19.6 Å². The first-order chi connectivity index (χ1) is 17.2. The summed E-state index contributed by atoms with van der Waals surface area (Å²) >= 11 is 0. The van der Waals surface area contributed by atoms with Gasteiger partial charge in [0, 0.05) is 37.5 Å². The lowest BCUT2D eigenvalue weighted by atomic mass is 9.92. The summed E-state index contributed by atoms with van der Waals surface area (Å²) in [5.74, 6) is -2.94. The molecule has 9 nitrogen and oxygen atoms in total. The van der Waals surface area contributed by atoms with Gasteiger partial charge in [0.2, 0.25) is 5.88 Å². The molecule has 1 N–H and O–H groups in total. The molecule has 1 saturated carbocycles. The van der Waals surface area contributed by atoms with Crippen molar-refractivity contribution in [1.82, 2.24) is 19.9 Å². The normalized spacial score (nSPS) is 20.8. The smallest absolute Gasteiger partial charge is 0.332 e. The molecule has 188 valence electrons. The number of anilines is 2. The highest BCUT2D eigenvalue weighted by Gasteiger charge is 2.43. The molecule has 2 aromatic heterocycles. The van der Waals surface area contributed by atoms with Gasteiger partial charge < -0.3 is 10.1 Å². The average Bonchev–Trinajstić information content (AvgIpc) is 3.17. The number of aromatic nitrogens is 3. The van der Waals surface area contributed by atoms with Crippen molar-refractivity contribution in [2.45, 2.75) is 50.7 Å². The molecular weight excluding hydrogens is 470 g/mol. The molecule has 0 radical (unpaired) electrons. The predicted octanol–water partition coefficient (Wildman–Crippen LogP) is 4.34. The van der Waals surface area contributed by atoms with E-state index in [-0.39, 0.29) is 35.8 Å².